The summed E-state index contributed by atoms with van der Waals surface area (Å²) in [5.41, 5.74) is 2.30. The van der Waals surface area contributed by atoms with Crippen molar-refractivity contribution in [2.24, 2.45) is 0 Å². The highest BCUT2D eigenvalue weighted by atomic mass is 79.9. The summed E-state index contributed by atoms with van der Waals surface area (Å²) in [6, 6.07) is 6.18. The number of benzene rings is 1. The Morgan fingerprint density at radius 1 is 1.35 bits per heavy atom. The van der Waals surface area contributed by atoms with E-state index in [2.05, 4.69) is 57.8 Å². The molecule has 0 heterocycles. The quantitative estimate of drug-likeness (QED) is 0.694. The van der Waals surface area contributed by atoms with Crippen molar-refractivity contribution in [2.75, 3.05) is 13.9 Å². The molecule has 0 aliphatic carbocycles. The third-order valence-corrected chi connectivity index (χ3v) is 2.76. The fourth-order valence-electron chi connectivity index (χ4n) is 1.41. The topological polar surface area (TPSA) is 18.5 Å². The maximum absolute atomic E-state index is 5.51. The van der Waals surface area contributed by atoms with Crippen molar-refractivity contribution in [3.63, 3.8) is 0 Å². The van der Waals surface area contributed by atoms with E-state index in [0.29, 0.717) is 5.92 Å². The molecule has 17 heavy (non-hydrogen) atoms. The minimum atomic E-state index is 0.252. The third-order valence-electron chi connectivity index (χ3n) is 2.30. The van der Waals surface area contributed by atoms with Crippen LogP contribution in [-0.4, -0.2) is 13.9 Å². The molecule has 0 aromatic heterocycles. The largest absolute Gasteiger partial charge is 0.467 e. The number of halogens is 2. The Kier molecular flexibility index (Phi) is 6.23. The number of methoxy groups -OCH3 is 1. The second-order valence-electron chi connectivity index (χ2n) is 3.94. The standard InChI is InChI=1S/C13H16Br2O2/c1-9(2)10-4-5-12(17-8-16-3)11(6-10)7-13(14)15/h4-7,9H,8H2,1-3H3. The van der Waals surface area contributed by atoms with Gasteiger partial charge in [-0.1, -0.05) is 19.9 Å². The van der Waals surface area contributed by atoms with Crippen LogP contribution in [0.2, 0.25) is 0 Å². The molecular weight excluding hydrogens is 348 g/mol. The summed E-state index contributed by atoms with van der Waals surface area (Å²) >= 11 is 6.73. The summed E-state index contributed by atoms with van der Waals surface area (Å²) in [6.07, 6.45) is 1.97. The number of ether oxygens (including phenoxy) is 2. The van der Waals surface area contributed by atoms with E-state index >= 15 is 0 Å². The van der Waals surface area contributed by atoms with Gasteiger partial charge in [-0.25, -0.2) is 0 Å². The number of hydrogen-bond donors (Lipinski definition) is 0. The average molecular weight is 364 g/mol. The molecule has 0 saturated carbocycles. The molecule has 1 rings (SSSR count). The highest BCUT2D eigenvalue weighted by Gasteiger charge is 2.06. The van der Waals surface area contributed by atoms with Crippen molar-refractivity contribution >= 4 is 37.9 Å². The average Bonchev–Trinajstić information content (AvgIpc) is 2.26. The first-order valence-electron chi connectivity index (χ1n) is 5.33. The van der Waals surface area contributed by atoms with Crippen LogP contribution >= 0.6 is 31.9 Å². The second kappa shape index (κ2) is 7.19. The van der Waals surface area contributed by atoms with Crippen molar-refractivity contribution in [1.82, 2.24) is 0 Å². The van der Waals surface area contributed by atoms with Crippen molar-refractivity contribution in [3.8, 4) is 5.75 Å². The van der Waals surface area contributed by atoms with Crippen LogP contribution in [0.1, 0.15) is 30.9 Å². The van der Waals surface area contributed by atoms with Gasteiger partial charge in [0.15, 0.2) is 6.79 Å². The molecular formula is C13H16Br2O2. The Balaban J connectivity index is 3.07. The molecule has 0 radical (unpaired) electrons. The van der Waals surface area contributed by atoms with Crippen LogP contribution in [0, 0.1) is 0 Å². The lowest BCUT2D eigenvalue weighted by Gasteiger charge is -2.12. The van der Waals surface area contributed by atoms with E-state index < -0.39 is 0 Å². The van der Waals surface area contributed by atoms with Crippen molar-refractivity contribution in [2.45, 2.75) is 19.8 Å². The van der Waals surface area contributed by atoms with E-state index in [1.54, 1.807) is 7.11 Å². The maximum atomic E-state index is 5.51. The van der Waals surface area contributed by atoms with Crippen LogP contribution in [0.15, 0.2) is 21.6 Å². The second-order valence-corrected chi connectivity index (χ2v) is 6.71. The summed E-state index contributed by atoms with van der Waals surface area (Å²) in [7, 11) is 1.61. The van der Waals surface area contributed by atoms with Gasteiger partial charge < -0.3 is 9.47 Å². The van der Waals surface area contributed by atoms with Gasteiger partial charge in [0.05, 0.1) is 3.39 Å². The zero-order chi connectivity index (χ0) is 12.8. The SMILES string of the molecule is COCOc1ccc(C(C)C)cc1C=C(Br)Br. The zero-order valence-corrected chi connectivity index (χ0v) is 13.3. The summed E-state index contributed by atoms with van der Waals surface area (Å²) in [5.74, 6) is 1.31. The lowest BCUT2D eigenvalue weighted by Crippen LogP contribution is -2.01. The minimum Gasteiger partial charge on any atom is -0.467 e. The van der Waals surface area contributed by atoms with Gasteiger partial charge in [0, 0.05) is 12.7 Å². The normalized spacial score (nSPS) is 10.5. The summed E-state index contributed by atoms with van der Waals surface area (Å²) < 4.78 is 11.3. The predicted molar refractivity (Wildman–Crippen MR) is 78.9 cm³/mol. The van der Waals surface area contributed by atoms with Crippen LogP contribution in [-0.2, 0) is 4.74 Å². The molecule has 2 nitrogen and oxygen atoms in total. The summed E-state index contributed by atoms with van der Waals surface area (Å²) in [5, 5.41) is 0. The van der Waals surface area contributed by atoms with Gasteiger partial charge in [0.25, 0.3) is 0 Å². The molecule has 0 spiro atoms. The van der Waals surface area contributed by atoms with Crippen LogP contribution in [0.5, 0.6) is 5.75 Å². The predicted octanol–water partition coefficient (Wildman–Crippen LogP) is 4.88. The van der Waals surface area contributed by atoms with Crippen LogP contribution < -0.4 is 4.74 Å². The van der Waals surface area contributed by atoms with E-state index in [4.69, 9.17) is 9.47 Å². The monoisotopic (exact) mass is 362 g/mol. The Hall–Kier alpha value is -0.320. The molecule has 94 valence electrons. The Labute approximate surface area is 119 Å². The lowest BCUT2D eigenvalue weighted by atomic mass is 10.0. The summed E-state index contributed by atoms with van der Waals surface area (Å²) in [4.78, 5) is 0. The van der Waals surface area contributed by atoms with Gasteiger partial charge in [-0.3, -0.25) is 0 Å². The highest BCUT2D eigenvalue weighted by molar-refractivity contribution is 9.28. The first-order valence-corrected chi connectivity index (χ1v) is 6.91. The Morgan fingerprint density at radius 2 is 2.06 bits per heavy atom. The number of hydrogen-bond acceptors (Lipinski definition) is 2. The molecule has 0 bridgehead atoms. The molecule has 0 fully saturated rings. The lowest BCUT2D eigenvalue weighted by molar-refractivity contribution is 0.0509. The van der Waals surface area contributed by atoms with Gasteiger partial charge in [-0.2, -0.15) is 0 Å². The fraction of sp³-hybridized carbons (Fsp3) is 0.385. The van der Waals surface area contributed by atoms with Gasteiger partial charge in [-0.05, 0) is 61.5 Å². The van der Waals surface area contributed by atoms with Crippen LogP contribution in [0.3, 0.4) is 0 Å². The fourth-order valence-corrected chi connectivity index (χ4v) is 1.90. The van der Waals surface area contributed by atoms with E-state index in [0.717, 1.165) is 14.7 Å². The molecule has 0 N–H and O–H groups in total. The van der Waals surface area contributed by atoms with Crippen LogP contribution in [0.4, 0.5) is 0 Å². The molecule has 0 aliphatic rings. The molecule has 0 amide bonds. The molecule has 0 aliphatic heterocycles. The van der Waals surface area contributed by atoms with E-state index in [1.165, 1.54) is 5.56 Å². The highest BCUT2D eigenvalue weighted by Crippen LogP contribution is 2.28. The molecule has 1 aromatic carbocycles. The molecule has 0 saturated heterocycles. The molecule has 4 heteroatoms. The van der Waals surface area contributed by atoms with E-state index in [1.807, 2.05) is 12.1 Å². The van der Waals surface area contributed by atoms with E-state index in [9.17, 15) is 0 Å². The Bertz CT molecular complexity index is 396. The van der Waals surface area contributed by atoms with E-state index in [-0.39, 0.29) is 6.79 Å². The zero-order valence-electron chi connectivity index (χ0n) is 10.2. The summed E-state index contributed by atoms with van der Waals surface area (Å²) in [6.45, 7) is 4.59. The van der Waals surface area contributed by atoms with Crippen LogP contribution in [0.25, 0.3) is 6.08 Å². The first kappa shape index (κ1) is 14.7. The van der Waals surface area contributed by atoms with Crippen molar-refractivity contribution in [3.05, 3.63) is 32.7 Å². The van der Waals surface area contributed by atoms with Gasteiger partial charge in [-0.15, -0.1) is 0 Å². The molecule has 1 aromatic rings. The van der Waals surface area contributed by atoms with Crippen molar-refractivity contribution in [1.29, 1.82) is 0 Å². The van der Waals surface area contributed by atoms with Crippen molar-refractivity contribution < 1.29 is 9.47 Å². The third kappa shape index (κ3) is 4.82. The van der Waals surface area contributed by atoms with Gasteiger partial charge >= 0.3 is 0 Å². The smallest absolute Gasteiger partial charge is 0.188 e. The first-order chi connectivity index (χ1) is 8.04. The molecule has 0 atom stereocenters. The van der Waals surface area contributed by atoms with Gasteiger partial charge in [0.2, 0.25) is 0 Å². The minimum absolute atomic E-state index is 0.252. The molecule has 0 unspecified atom stereocenters. The number of rotatable bonds is 5. The Morgan fingerprint density at radius 3 is 2.59 bits per heavy atom. The maximum Gasteiger partial charge on any atom is 0.188 e. The van der Waals surface area contributed by atoms with Gasteiger partial charge in [0.1, 0.15) is 5.75 Å².